The van der Waals surface area contributed by atoms with Gasteiger partial charge in [0.15, 0.2) is 5.78 Å². The van der Waals surface area contributed by atoms with Crippen LogP contribution in [-0.4, -0.2) is 5.78 Å². The van der Waals surface area contributed by atoms with Gasteiger partial charge in [-0.3, -0.25) is 4.79 Å². The number of benzene rings is 2. The molecule has 0 aliphatic rings. The van der Waals surface area contributed by atoms with E-state index in [9.17, 15) is 10.1 Å². The Morgan fingerprint density at radius 2 is 1.81 bits per heavy atom. The lowest BCUT2D eigenvalue weighted by atomic mass is 9.74. The van der Waals surface area contributed by atoms with Gasteiger partial charge in [0.25, 0.3) is 0 Å². The van der Waals surface area contributed by atoms with Crippen molar-refractivity contribution in [3.05, 3.63) is 69.7 Å². The van der Waals surface area contributed by atoms with E-state index < -0.39 is 5.41 Å². The third-order valence-corrected chi connectivity index (χ3v) is 4.25. The van der Waals surface area contributed by atoms with E-state index in [1.165, 1.54) is 6.92 Å². The molecule has 0 saturated heterocycles. The van der Waals surface area contributed by atoms with Gasteiger partial charge < -0.3 is 0 Å². The van der Waals surface area contributed by atoms with Gasteiger partial charge in [-0.1, -0.05) is 59.6 Å². The molecule has 0 fully saturated rings. The van der Waals surface area contributed by atoms with Crippen LogP contribution in [0.3, 0.4) is 0 Å². The third-order valence-electron chi connectivity index (χ3n) is 3.51. The molecule has 0 bridgehead atoms. The van der Waals surface area contributed by atoms with Crippen LogP contribution >= 0.6 is 23.2 Å². The summed E-state index contributed by atoms with van der Waals surface area (Å²) in [6.07, 6.45) is 0.264. The molecule has 0 N–H and O–H groups in total. The molecule has 1 atom stereocenters. The summed E-state index contributed by atoms with van der Waals surface area (Å²) in [5, 5.41) is 10.5. The average molecular weight is 318 g/mol. The fourth-order valence-electron chi connectivity index (χ4n) is 2.29. The maximum Gasteiger partial charge on any atom is 0.154 e. The second kappa shape index (κ2) is 6.30. The van der Waals surface area contributed by atoms with Crippen molar-refractivity contribution in [3.8, 4) is 6.07 Å². The minimum absolute atomic E-state index is 0.192. The van der Waals surface area contributed by atoms with Crippen LogP contribution in [0.4, 0.5) is 0 Å². The molecule has 0 aliphatic carbocycles. The predicted octanol–water partition coefficient (Wildman–Crippen LogP) is 4.59. The summed E-state index contributed by atoms with van der Waals surface area (Å²) in [6, 6.07) is 16.4. The topological polar surface area (TPSA) is 40.9 Å². The van der Waals surface area contributed by atoms with Crippen LogP contribution in [0.5, 0.6) is 0 Å². The average Bonchev–Trinajstić information content (AvgIpc) is 2.49. The van der Waals surface area contributed by atoms with Gasteiger partial charge in [0.2, 0.25) is 0 Å². The number of ketones is 1. The Bertz CT molecular complexity index is 706. The molecule has 21 heavy (non-hydrogen) atoms. The molecule has 4 heteroatoms. The summed E-state index contributed by atoms with van der Waals surface area (Å²) in [4.78, 5) is 12.2. The monoisotopic (exact) mass is 317 g/mol. The number of nitriles is 1. The van der Waals surface area contributed by atoms with E-state index in [0.29, 0.717) is 15.6 Å². The maximum atomic E-state index is 12.2. The number of nitrogens with zero attached hydrogens (tertiary/aromatic N) is 1. The standard InChI is InChI=1S/C17H13Cl2NO/c1-12(21)17(11-20,14-5-3-2-4-6-14)10-13-7-8-15(18)16(19)9-13/h2-9H,10H2,1H3. The second-order valence-corrected chi connectivity index (χ2v) is 5.68. The third kappa shape index (κ3) is 3.10. The van der Waals surface area contributed by atoms with Gasteiger partial charge in [-0.05, 0) is 30.2 Å². The highest BCUT2D eigenvalue weighted by molar-refractivity contribution is 6.42. The van der Waals surface area contributed by atoms with Crippen molar-refractivity contribution >= 4 is 29.0 Å². The lowest BCUT2D eigenvalue weighted by Crippen LogP contribution is -2.35. The molecule has 2 aromatic carbocycles. The number of rotatable bonds is 4. The summed E-state index contributed by atoms with van der Waals surface area (Å²) in [6.45, 7) is 1.44. The maximum absolute atomic E-state index is 12.2. The van der Waals surface area contributed by atoms with Crippen LogP contribution in [0, 0.1) is 11.3 Å². The predicted molar refractivity (Wildman–Crippen MR) is 84.6 cm³/mol. The van der Waals surface area contributed by atoms with Gasteiger partial charge >= 0.3 is 0 Å². The zero-order valence-corrected chi connectivity index (χ0v) is 12.9. The van der Waals surface area contributed by atoms with E-state index >= 15 is 0 Å². The highest BCUT2D eigenvalue weighted by Gasteiger charge is 2.37. The molecule has 0 spiro atoms. The molecule has 0 radical (unpaired) electrons. The molecule has 0 heterocycles. The minimum Gasteiger partial charge on any atom is -0.298 e. The number of carbonyl (C=O) groups is 1. The van der Waals surface area contributed by atoms with Gasteiger partial charge in [-0.15, -0.1) is 0 Å². The fourth-order valence-corrected chi connectivity index (χ4v) is 2.61. The quantitative estimate of drug-likeness (QED) is 0.827. The lowest BCUT2D eigenvalue weighted by molar-refractivity contribution is -0.120. The number of hydrogen-bond donors (Lipinski definition) is 0. The Labute approximate surface area is 133 Å². The Hall–Kier alpha value is -1.82. The first-order chi connectivity index (χ1) is 9.99. The van der Waals surface area contributed by atoms with Crippen molar-refractivity contribution in [1.82, 2.24) is 0 Å². The molecule has 1 unspecified atom stereocenters. The van der Waals surface area contributed by atoms with Crippen LogP contribution in [0.1, 0.15) is 18.1 Å². The van der Waals surface area contributed by atoms with E-state index in [1.807, 2.05) is 18.2 Å². The van der Waals surface area contributed by atoms with Crippen LogP contribution in [0.2, 0.25) is 10.0 Å². The first-order valence-corrected chi connectivity index (χ1v) is 7.17. The molecule has 2 rings (SSSR count). The number of Topliss-reactive ketones (excluding diaryl/α,β-unsaturated/α-hetero) is 1. The van der Waals surface area contributed by atoms with E-state index in [4.69, 9.17) is 23.2 Å². The molecule has 2 nitrogen and oxygen atoms in total. The number of halogens is 2. The van der Waals surface area contributed by atoms with Gasteiger partial charge in [-0.2, -0.15) is 5.26 Å². The molecular formula is C17H13Cl2NO. The molecule has 2 aromatic rings. The van der Waals surface area contributed by atoms with E-state index in [0.717, 1.165) is 5.56 Å². The summed E-state index contributed by atoms with van der Waals surface area (Å²) in [5.74, 6) is -0.192. The summed E-state index contributed by atoms with van der Waals surface area (Å²) >= 11 is 11.9. The first-order valence-electron chi connectivity index (χ1n) is 6.41. The number of hydrogen-bond acceptors (Lipinski definition) is 2. The van der Waals surface area contributed by atoms with Crippen molar-refractivity contribution in [1.29, 1.82) is 5.26 Å². The Morgan fingerprint density at radius 3 is 2.33 bits per heavy atom. The lowest BCUT2D eigenvalue weighted by Gasteiger charge is -2.24. The summed E-state index contributed by atoms with van der Waals surface area (Å²) < 4.78 is 0. The molecule has 106 valence electrons. The Kier molecular flexibility index (Phi) is 4.67. The highest BCUT2D eigenvalue weighted by atomic mass is 35.5. The second-order valence-electron chi connectivity index (χ2n) is 4.86. The molecule has 0 saturated carbocycles. The summed E-state index contributed by atoms with van der Waals surface area (Å²) in [7, 11) is 0. The fraction of sp³-hybridized carbons (Fsp3) is 0.176. The summed E-state index contributed by atoms with van der Waals surface area (Å²) in [5.41, 5.74) is 0.273. The van der Waals surface area contributed by atoms with Gasteiger partial charge in [0.05, 0.1) is 16.1 Å². The highest BCUT2D eigenvalue weighted by Crippen LogP contribution is 2.31. The van der Waals surface area contributed by atoms with Crippen molar-refractivity contribution in [2.24, 2.45) is 0 Å². The van der Waals surface area contributed by atoms with Gasteiger partial charge in [-0.25, -0.2) is 0 Å². The molecule has 0 aliphatic heterocycles. The Morgan fingerprint density at radius 1 is 1.14 bits per heavy atom. The van der Waals surface area contributed by atoms with Gasteiger partial charge in [0, 0.05) is 6.42 Å². The Balaban J connectivity index is 2.49. The van der Waals surface area contributed by atoms with E-state index in [2.05, 4.69) is 6.07 Å². The molecular weight excluding hydrogens is 305 g/mol. The van der Waals surface area contributed by atoms with E-state index in [-0.39, 0.29) is 12.2 Å². The largest absolute Gasteiger partial charge is 0.298 e. The normalized spacial score (nSPS) is 13.2. The minimum atomic E-state index is -1.21. The van der Waals surface area contributed by atoms with Crippen molar-refractivity contribution in [2.45, 2.75) is 18.8 Å². The zero-order chi connectivity index (χ0) is 15.5. The van der Waals surface area contributed by atoms with Gasteiger partial charge in [0.1, 0.15) is 5.41 Å². The molecule has 0 amide bonds. The van der Waals surface area contributed by atoms with Crippen molar-refractivity contribution < 1.29 is 4.79 Å². The molecule has 0 aromatic heterocycles. The van der Waals surface area contributed by atoms with Crippen LogP contribution in [0.25, 0.3) is 0 Å². The smallest absolute Gasteiger partial charge is 0.154 e. The van der Waals surface area contributed by atoms with Crippen LogP contribution < -0.4 is 0 Å². The SMILES string of the molecule is CC(=O)C(C#N)(Cc1ccc(Cl)c(Cl)c1)c1ccccc1. The van der Waals surface area contributed by atoms with Crippen molar-refractivity contribution in [3.63, 3.8) is 0 Å². The number of carbonyl (C=O) groups excluding carboxylic acids is 1. The van der Waals surface area contributed by atoms with Crippen LogP contribution in [-0.2, 0) is 16.6 Å². The first kappa shape index (κ1) is 15.6. The zero-order valence-electron chi connectivity index (χ0n) is 11.4. The van der Waals surface area contributed by atoms with Crippen molar-refractivity contribution in [2.75, 3.05) is 0 Å². The van der Waals surface area contributed by atoms with Crippen LogP contribution in [0.15, 0.2) is 48.5 Å². The van der Waals surface area contributed by atoms with E-state index in [1.54, 1.807) is 30.3 Å².